The summed E-state index contributed by atoms with van der Waals surface area (Å²) in [6.45, 7) is 3.76. The molecule has 0 saturated heterocycles. The first-order chi connectivity index (χ1) is 7.83. The van der Waals surface area contributed by atoms with Crippen molar-refractivity contribution in [3.8, 4) is 0 Å². The van der Waals surface area contributed by atoms with Crippen LogP contribution in [0.2, 0.25) is 0 Å². The van der Waals surface area contributed by atoms with Crippen LogP contribution in [0.5, 0.6) is 0 Å². The van der Waals surface area contributed by atoms with Crippen molar-refractivity contribution in [3.05, 3.63) is 0 Å². The smallest absolute Gasteiger partial charge is 0.287 e. The van der Waals surface area contributed by atoms with Crippen LogP contribution in [-0.2, 0) is 28.3 Å². The van der Waals surface area contributed by atoms with Crippen molar-refractivity contribution in [1.29, 1.82) is 0 Å². The Kier molecular flexibility index (Phi) is 8.19. The monoisotopic (exact) mass is 290 g/mol. The van der Waals surface area contributed by atoms with Gasteiger partial charge in [0.2, 0.25) is 0 Å². The van der Waals surface area contributed by atoms with Crippen molar-refractivity contribution in [2.24, 2.45) is 0 Å². The summed E-state index contributed by atoms with van der Waals surface area (Å²) in [5, 5.41) is 0. The van der Waals surface area contributed by atoms with E-state index < -0.39 is 17.9 Å². The molecule has 9 heteroatoms. The fourth-order valence-electron chi connectivity index (χ4n) is 0.991. The molecule has 0 radical (unpaired) electrons. The maximum atomic E-state index is 11.7. The van der Waals surface area contributed by atoms with E-state index in [4.69, 9.17) is 18.1 Å². The highest BCUT2D eigenvalue weighted by Gasteiger charge is 2.24. The second kappa shape index (κ2) is 8.18. The predicted molar refractivity (Wildman–Crippen MR) is 62.5 cm³/mol. The Balaban J connectivity index is 3.87. The molecule has 104 valence electrons. The SMILES string of the molecule is CCOP(=O)(OCC)OCCCCS(=O)(=O)O. The van der Waals surface area contributed by atoms with Gasteiger partial charge in [0.25, 0.3) is 10.1 Å². The average molecular weight is 290 g/mol. The minimum absolute atomic E-state index is 0.0484. The number of hydrogen-bond acceptors (Lipinski definition) is 6. The van der Waals surface area contributed by atoms with E-state index in [1.54, 1.807) is 13.8 Å². The molecule has 0 fully saturated rings. The molecule has 0 heterocycles. The number of hydrogen-bond donors (Lipinski definition) is 1. The molecular formula is C8H19O7PS. The lowest BCUT2D eigenvalue weighted by Crippen LogP contribution is -2.06. The van der Waals surface area contributed by atoms with Crippen LogP contribution in [0.4, 0.5) is 0 Å². The van der Waals surface area contributed by atoms with Crippen molar-refractivity contribution in [1.82, 2.24) is 0 Å². The molecule has 0 aromatic carbocycles. The molecule has 1 N–H and O–H groups in total. The lowest BCUT2D eigenvalue weighted by Gasteiger charge is -2.15. The molecule has 0 unspecified atom stereocenters. The largest absolute Gasteiger partial charge is 0.474 e. The van der Waals surface area contributed by atoms with Crippen LogP contribution in [-0.4, -0.2) is 38.5 Å². The first-order valence-corrected chi connectivity index (χ1v) is 8.38. The third-order valence-electron chi connectivity index (χ3n) is 1.62. The highest BCUT2D eigenvalue weighted by Crippen LogP contribution is 2.49. The van der Waals surface area contributed by atoms with E-state index in [0.717, 1.165) is 0 Å². The minimum Gasteiger partial charge on any atom is -0.287 e. The second-order valence-corrected chi connectivity index (χ2v) is 6.35. The van der Waals surface area contributed by atoms with Crippen LogP contribution in [0.15, 0.2) is 0 Å². The van der Waals surface area contributed by atoms with Gasteiger partial charge in [0, 0.05) is 0 Å². The number of unbranched alkanes of at least 4 members (excludes halogenated alkanes) is 1. The summed E-state index contributed by atoms with van der Waals surface area (Å²) in [5.41, 5.74) is 0. The zero-order valence-corrected chi connectivity index (χ0v) is 11.7. The zero-order valence-electron chi connectivity index (χ0n) is 9.99. The molecule has 0 saturated carbocycles. The van der Waals surface area contributed by atoms with Gasteiger partial charge in [0.1, 0.15) is 0 Å². The van der Waals surface area contributed by atoms with Crippen LogP contribution < -0.4 is 0 Å². The van der Waals surface area contributed by atoms with Crippen LogP contribution in [0, 0.1) is 0 Å². The number of phosphoric ester groups is 1. The summed E-state index contributed by atoms with van der Waals surface area (Å²) in [7, 11) is -7.46. The average Bonchev–Trinajstić information content (AvgIpc) is 2.16. The van der Waals surface area contributed by atoms with Gasteiger partial charge in [-0.05, 0) is 26.7 Å². The normalized spacial score (nSPS) is 12.9. The quantitative estimate of drug-likeness (QED) is 0.372. The Morgan fingerprint density at radius 1 is 1.06 bits per heavy atom. The van der Waals surface area contributed by atoms with E-state index in [2.05, 4.69) is 0 Å². The van der Waals surface area contributed by atoms with E-state index >= 15 is 0 Å². The summed E-state index contributed by atoms with van der Waals surface area (Å²) in [6, 6.07) is 0. The summed E-state index contributed by atoms with van der Waals surface area (Å²) in [6.07, 6.45) is 0.557. The lowest BCUT2D eigenvalue weighted by atomic mass is 10.4. The summed E-state index contributed by atoms with van der Waals surface area (Å²) in [5.74, 6) is -0.343. The van der Waals surface area contributed by atoms with E-state index in [1.165, 1.54) is 0 Å². The van der Waals surface area contributed by atoms with Crippen LogP contribution in [0.1, 0.15) is 26.7 Å². The van der Waals surface area contributed by atoms with Gasteiger partial charge >= 0.3 is 7.82 Å². The Morgan fingerprint density at radius 3 is 2.00 bits per heavy atom. The van der Waals surface area contributed by atoms with Crippen molar-refractivity contribution >= 4 is 17.9 Å². The third-order valence-corrected chi connectivity index (χ3v) is 4.07. The molecular weight excluding hydrogens is 271 g/mol. The fourth-order valence-corrected chi connectivity index (χ4v) is 2.77. The van der Waals surface area contributed by atoms with Crippen molar-refractivity contribution in [2.45, 2.75) is 26.7 Å². The molecule has 0 aliphatic rings. The van der Waals surface area contributed by atoms with Gasteiger partial charge < -0.3 is 0 Å². The minimum atomic E-state index is -3.95. The van der Waals surface area contributed by atoms with Gasteiger partial charge in [-0.25, -0.2) is 4.57 Å². The van der Waals surface area contributed by atoms with Crippen LogP contribution in [0.25, 0.3) is 0 Å². The van der Waals surface area contributed by atoms with Crippen molar-refractivity contribution in [2.75, 3.05) is 25.6 Å². The van der Waals surface area contributed by atoms with E-state index in [1.807, 2.05) is 0 Å². The molecule has 0 amide bonds. The van der Waals surface area contributed by atoms with E-state index in [0.29, 0.717) is 6.42 Å². The number of rotatable bonds is 10. The van der Waals surface area contributed by atoms with Crippen molar-refractivity contribution in [3.63, 3.8) is 0 Å². The standard InChI is InChI=1S/C8H19O7PS/c1-3-13-16(9,14-4-2)15-7-5-6-8-17(10,11)12/h3-8H2,1-2H3,(H,10,11,12). The molecule has 0 rings (SSSR count). The maximum Gasteiger partial charge on any atom is 0.474 e. The predicted octanol–water partition coefficient (Wildman–Crippen LogP) is 1.85. The molecule has 0 bridgehead atoms. The maximum absolute atomic E-state index is 11.7. The summed E-state index contributed by atoms with van der Waals surface area (Å²) < 4.78 is 55.7. The Morgan fingerprint density at radius 2 is 1.59 bits per heavy atom. The van der Waals surface area contributed by atoms with Gasteiger partial charge in [-0.1, -0.05) is 0 Å². The molecule has 0 aliphatic carbocycles. The Hall–Kier alpha value is 0.0200. The van der Waals surface area contributed by atoms with Crippen LogP contribution >= 0.6 is 7.82 Å². The van der Waals surface area contributed by atoms with E-state index in [-0.39, 0.29) is 32.0 Å². The fraction of sp³-hybridized carbons (Fsp3) is 1.00. The van der Waals surface area contributed by atoms with Gasteiger partial charge in [-0.15, -0.1) is 0 Å². The molecule has 0 aromatic rings. The molecule has 0 atom stereocenters. The molecule has 17 heavy (non-hydrogen) atoms. The Labute approximate surface area is 102 Å². The molecule has 0 aromatic heterocycles. The topological polar surface area (TPSA) is 99.1 Å². The third kappa shape index (κ3) is 9.70. The zero-order chi connectivity index (χ0) is 13.4. The Bertz CT molecular complexity index is 330. The van der Waals surface area contributed by atoms with Gasteiger partial charge in [-0.3, -0.25) is 18.1 Å². The first-order valence-electron chi connectivity index (χ1n) is 5.32. The summed E-state index contributed by atoms with van der Waals surface area (Å²) in [4.78, 5) is 0. The first kappa shape index (κ1) is 17.0. The lowest BCUT2D eigenvalue weighted by molar-refractivity contribution is 0.120. The highest BCUT2D eigenvalue weighted by atomic mass is 32.2. The van der Waals surface area contributed by atoms with E-state index in [9.17, 15) is 13.0 Å². The van der Waals surface area contributed by atoms with Crippen LogP contribution in [0.3, 0.4) is 0 Å². The molecule has 0 aliphatic heterocycles. The second-order valence-electron chi connectivity index (χ2n) is 3.11. The van der Waals surface area contributed by atoms with Gasteiger partial charge in [-0.2, -0.15) is 8.42 Å². The highest BCUT2D eigenvalue weighted by molar-refractivity contribution is 7.85. The number of phosphoric acid groups is 1. The van der Waals surface area contributed by atoms with Gasteiger partial charge in [0.05, 0.1) is 25.6 Å². The molecule has 0 spiro atoms. The van der Waals surface area contributed by atoms with Gasteiger partial charge in [0.15, 0.2) is 0 Å². The van der Waals surface area contributed by atoms with Crippen molar-refractivity contribution < 1.29 is 31.1 Å². The molecule has 7 nitrogen and oxygen atoms in total. The summed E-state index contributed by atoms with van der Waals surface area (Å²) >= 11 is 0.